The third-order valence-corrected chi connectivity index (χ3v) is 4.26. The Morgan fingerprint density at radius 1 is 1.41 bits per heavy atom. The maximum atomic E-state index is 13.7. The summed E-state index contributed by atoms with van der Waals surface area (Å²) in [6.45, 7) is 3.59. The van der Waals surface area contributed by atoms with Gasteiger partial charge in [-0.25, -0.2) is 13.6 Å². The van der Waals surface area contributed by atoms with Crippen LogP contribution in [0.15, 0.2) is 18.2 Å². The molecule has 4 unspecified atom stereocenters. The van der Waals surface area contributed by atoms with Crippen LogP contribution in [-0.4, -0.2) is 23.0 Å². The Morgan fingerprint density at radius 3 is 2.68 bits per heavy atom. The first-order chi connectivity index (χ1) is 10.3. The van der Waals surface area contributed by atoms with Gasteiger partial charge in [-0.3, -0.25) is 4.79 Å². The topological polar surface area (TPSA) is 66.4 Å². The monoisotopic (exact) mass is 311 g/mol. The summed E-state index contributed by atoms with van der Waals surface area (Å²) in [4.78, 5) is 23.3. The van der Waals surface area contributed by atoms with Gasteiger partial charge in [0.15, 0.2) is 0 Å². The maximum Gasteiger partial charge on any atom is 0.326 e. The minimum absolute atomic E-state index is 0.176. The van der Waals surface area contributed by atoms with Gasteiger partial charge in [0.05, 0.1) is 0 Å². The summed E-state index contributed by atoms with van der Waals surface area (Å²) in [5.74, 6) is -3.68. The number of carbonyl (C=O) groups is 2. The van der Waals surface area contributed by atoms with E-state index in [1.807, 2.05) is 6.92 Å². The largest absolute Gasteiger partial charge is 0.480 e. The summed E-state index contributed by atoms with van der Waals surface area (Å²) in [5, 5.41) is 11.7. The van der Waals surface area contributed by atoms with Gasteiger partial charge in [0, 0.05) is 5.92 Å². The zero-order chi connectivity index (χ0) is 16.4. The van der Waals surface area contributed by atoms with Crippen LogP contribution in [0.1, 0.15) is 38.2 Å². The molecule has 1 aromatic rings. The Morgan fingerprint density at radius 2 is 2.09 bits per heavy atom. The lowest BCUT2D eigenvalue weighted by Crippen LogP contribution is -2.45. The van der Waals surface area contributed by atoms with E-state index in [4.69, 9.17) is 5.11 Å². The SMILES string of the molecule is CCC(C)C(NC(=O)C1CC1c1cc(F)ccc1F)C(=O)O. The molecule has 22 heavy (non-hydrogen) atoms. The van der Waals surface area contributed by atoms with Crippen LogP contribution in [0.3, 0.4) is 0 Å². The highest BCUT2D eigenvalue weighted by Gasteiger charge is 2.46. The molecule has 1 aromatic carbocycles. The second kappa shape index (κ2) is 6.42. The first-order valence-corrected chi connectivity index (χ1v) is 7.33. The molecule has 1 aliphatic rings. The van der Waals surface area contributed by atoms with E-state index in [9.17, 15) is 18.4 Å². The number of rotatable bonds is 6. The summed E-state index contributed by atoms with van der Waals surface area (Å²) >= 11 is 0. The molecule has 4 nitrogen and oxygen atoms in total. The number of hydrogen-bond donors (Lipinski definition) is 2. The van der Waals surface area contributed by atoms with Crippen LogP contribution in [0, 0.1) is 23.5 Å². The highest BCUT2D eigenvalue weighted by molar-refractivity contribution is 5.87. The third kappa shape index (κ3) is 3.43. The maximum absolute atomic E-state index is 13.7. The Kier molecular flexibility index (Phi) is 4.78. The number of aliphatic carboxylic acids is 1. The van der Waals surface area contributed by atoms with E-state index < -0.39 is 35.5 Å². The molecule has 1 fully saturated rings. The second-order valence-corrected chi connectivity index (χ2v) is 5.82. The predicted octanol–water partition coefficient (Wildman–Crippen LogP) is 2.68. The lowest BCUT2D eigenvalue weighted by molar-refractivity contribution is -0.143. The summed E-state index contributed by atoms with van der Waals surface area (Å²) in [6.07, 6.45) is 1.02. The van der Waals surface area contributed by atoms with E-state index >= 15 is 0 Å². The molecule has 1 aliphatic carbocycles. The standard InChI is InChI=1S/C16H19F2NO3/c1-3-8(2)14(16(21)22)19-15(20)12-7-10(12)11-6-9(17)4-5-13(11)18/h4-6,8,10,12,14H,3,7H2,1-2H3,(H,19,20)(H,21,22). The fourth-order valence-corrected chi connectivity index (χ4v) is 2.57. The number of carboxylic acids is 1. The number of amides is 1. The Bertz CT molecular complexity index is 591. The summed E-state index contributed by atoms with van der Waals surface area (Å²) in [5.41, 5.74) is 0.176. The van der Waals surface area contributed by atoms with E-state index in [1.54, 1.807) is 6.92 Å². The molecule has 120 valence electrons. The molecular weight excluding hydrogens is 292 g/mol. The Hall–Kier alpha value is -1.98. The van der Waals surface area contributed by atoms with E-state index in [0.29, 0.717) is 12.8 Å². The lowest BCUT2D eigenvalue weighted by atomic mass is 9.99. The second-order valence-electron chi connectivity index (χ2n) is 5.82. The third-order valence-electron chi connectivity index (χ3n) is 4.26. The highest BCUT2D eigenvalue weighted by Crippen LogP contribution is 2.48. The smallest absolute Gasteiger partial charge is 0.326 e. The quantitative estimate of drug-likeness (QED) is 0.849. The van der Waals surface area contributed by atoms with Gasteiger partial charge in [-0.05, 0) is 42.0 Å². The van der Waals surface area contributed by atoms with Crippen LogP contribution in [0.4, 0.5) is 8.78 Å². The van der Waals surface area contributed by atoms with Gasteiger partial charge in [-0.2, -0.15) is 0 Å². The van der Waals surface area contributed by atoms with Crippen molar-refractivity contribution in [1.29, 1.82) is 0 Å². The highest BCUT2D eigenvalue weighted by atomic mass is 19.1. The van der Waals surface area contributed by atoms with Gasteiger partial charge in [-0.1, -0.05) is 20.3 Å². The molecule has 1 saturated carbocycles. The summed E-state index contributed by atoms with van der Waals surface area (Å²) in [7, 11) is 0. The van der Waals surface area contributed by atoms with Gasteiger partial charge >= 0.3 is 5.97 Å². The number of carbonyl (C=O) groups excluding carboxylic acids is 1. The average molecular weight is 311 g/mol. The van der Waals surface area contributed by atoms with Crippen molar-refractivity contribution < 1.29 is 23.5 Å². The predicted molar refractivity (Wildman–Crippen MR) is 76.2 cm³/mol. The first-order valence-electron chi connectivity index (χ1n) is 7.33. The van der Waals surface area contributed by atoms with Crippen molar-refractivity contribution in [3.63, 3.8) is 0 Å². The van der Waals surface area contributed by atoms with Gasteiger partial charge in [0.25, 0.3) is 0 Å². The van der Waals surface area contributed by atoms with Crippen LogP contribution >= 0.6 is 0 Å². The molecule has 1 amide bonds. The fourth-order valence-electron chi connectivity index (χ4n) is 2.57. The van der Waals surface area contributed by atoms with Crippen LogP contribution in [-0.2, 0) is 9.59 Å². The van der Waals surface area contributed by atoms with Crippen molar-refractivity contribution in [3.8, 4) is 0 Å². The zero-order valence-corrected chi connectivity index (χ0v) is 12.5. The molecule has 0 bridgehead atoms. The van der Waals surface area contributed by atoms with Crippen LogP contribution < -0.4 is 5.32 Å². The minimum Gasteiger partial charge on any atom is -0.480 e. The van der Waals surface area contributed by atoms with Crippen LogP contribution in [0.25, 0.3) is 0 Å². The van der Waals surface area contributed by atoms with Crippen LogP contribution in [0.2, 0.25) is 0 Å². The van der Waals surface area contributed by atoms with Crippen molar-refractivity contribution in [2.75, 3.05) is 0 Å². The molecule has 0 heterocycles. The molecule has 0 spiro atoms. The summed E-state index contributed by atoms with van der Waals surface area (Å²) < 4.78 is 26.9. The molecule has 4 atom stereocenters. The van der Waals surface area contributed by atoms with Crippen molar-refractivity contribution >= 4 is 11.9 Å². The van der Waals surface area contributed by atoms with E-state index in [0.717, 1.165) is 18.2 Å². The van der Waals surface area contributed by atoms with Gasteiger partial charge < -0.3 is 10.4 Å². The number of benzene rings is 1. The number of nitrogens with one attached hydrogen (secondary N) is 1. The molecule has 2 rings (SSSR count). The fraction of sp³-hybridized carbons (Fsp3) is 0.500. The molecule has 0 aromatic heterocycles. The first kappa shape index (κ1) is 16.4. The van der Waals surface area contributed by atoms with Crippen molar-refractivity contribution in [2.24, 2.45) is 11.8 Å². The van der Waals surface area contributed by atoms with E-state index in [1.165, 1.54) is 0 Å². The molecule has 0 radical (unpaired) electrons. The number of hydrogen-bond acceptors (Lipinski definition) is 2. The minimum atomic E-state index is -1.09. The van der Waals surface area contributed by atoms with Crippen molar-refractivity contribution in [3.05, 3.63) is 35.4 Å². The van der Waals surface area contributed by atoms with Gasteiger partial charge in [0.1, 0.15) is 17.7 Å². The van der Waals surface area contributed by atoms with Gasteiger partial charge in [-0.15, -0.1) is 0 Å². The van der Waals surface area contributed by atoms with Crippen molar-refractivity contribution in [1.82, 2.24) is 5.32 Å². The van der Waals surface area contributed by atoms with E-state index in [2.05, 4.69) is 5.32 Å². The van der Waals surface area contributed by atoms with Crippen molar-refractivity contribution in [2.45, 2.75) is 38.6 Å². The molecule has 6 heteroatoms. The summed E-state index contributed by atoms with van der Waals surface area (Å²) in [6, 6.07) is 2.20. The Balaban J connectivity index is 2.04. The number of carboxylic acid groups (broad SMARTS) is 1. The lowest BCUT2D eigenvalue weighted by Gasteiger charge is -2.20. The molecule has 0 aliphatic heterocycles. The molecule has 2 N–H and O–H groups in total. The normalized spacial score (nSPS) is 22.7. The average Bonchev–Trinajstić information content (AvgIpc) is 3.26. The van der Waals surface area contributed by atoms with Gasteiger partial charge in [0.2, 0.25) is 5.91 Å². The number of halogens is 2. The molecule has 0 saturated heterocycles. The van der Waals surface area contributed by atoms with Crippen LogP contribution in [0.5, 0.6) is 0 Å². The zero-order valence-electron chi connectivity index (χ0n) is 12.5. The van der Waals surface area contributed by atoms with E-state index in [-0.39, 0.29) is 17.4 Å². The molecular formula is C16H19F2NO3. The Labute approximate surface area is 127 Å².